The van der Waals surface area contributed by atoms with Gasteiger partial charge in [0.1, 0.15) is 11.8 Å². The molecule has 2 unspecified atom stereocenters. The summed E-state index contributed by atoms with van der Waals surface area (Å²) in [5.41, 5.74) is 5.85. The fourth-order valence-corrected chi connectivity index (χ4v) is 4.77. The summed E-state index contributed by atoms with van der Waals surface area (Å²) in [6.07, 6.45) is 0. The summed E-state index contributed by atoms with van der Waals surface area (Å²) in [5, 5.41) is 2.83. The first kappa shape index (κ1) is 23.4. The number of ether oxygens (including phenoxy) is 1. The molecule has 3 aromatic carbocycles. The molecule has 5 heteroatoms. The van der Waals surface area contributed by atoms with Crippen LogP contribution < -0.4 is 10.1 Å². The van der Waals surface area contributed by atoms with Crippen molar-refractivity contribution in [2.45, 2.75) is 25.0 Å². The van der Waals surface area contributed by atoms with Crippen LogP contribution >= 0.6 is 0 Å². The van der Waals surface area contributed by atoms with Crippen molar-refractivity contribution in [3.63, 3.8) is 0 Å². The minimum absolute atomic E-state index is 0.0938. The molecular weight excluding hydrogens is 448 g/mol. The summed E-state index contributed by atoms with van der Waals surface area (Å²) in [6, 6.07) is 35.0. The van der Waals surface area contributed by atoms with Crippen molar-refractivity contribution in [3.05, 3.63) is 126 Å². The highest BCUT2D eigenvalue weighted by Gasteiger charge is 2.52. The van der Waals surface area contributed by atoms with Crippen LogP contribution in [0.25, 0.3) is 11.1 Å². The van der Waals surface area contributed by atoms with Gasteiger partial charge < -0.3 is 15.0 Å². The number of rotatable bonds is 6. The third-order valence-corrected chi connectivity index (χ3v) is 6.57. The van der Waals surface area contributed by atoms with E-state index in [1.54, 1.807) is 7.11 Å². The monoisotopic (exact) mass is 476 g/mol. The van der Waals surface area contributed by atoms with E-state index in [9.17, 15) is 9.59 Å². The number of nitrogens with zero attached hydrogens (tertiary/aromatic N) is 1. The number of nitrogens with one attached hydrogen (secondary N) is 1. The molecule has 2 aliphatic carbocycles. The van der Waals surface area contributed by atoms with E-state index in [0.29, 0.717) is 0 Å². The molecule has 6 rings (SSSR count). The second-order valence-electron chi connectivity index (χ2n) is 8.95. The quantitative estimate of drug-likeness (QED) is 0.328. The summed E-state index contributed by atoms with van der Waals surface area (Å²) >= 11 is 0. The van der Waals surface area contributed by atoms with Crippen LogP contribution in [0.2, 0.25) is 0 Å². The Bertz CT molecular complexity index is 1300. The Hall–Kier alpha value is -4.38. The van der Waals surface area contributed by atoms with Crippen molar-refractivity contribution < 1.29 is 14.3 Å². The van der Waals surface area contributed by atoms with Gasteiger partial charge in [-0.2, -0.15) is 0 Å². The molecule has 2 atom stereocenters. The largest absolute Gasteiger partial charge is 0.497 e. The van der Waals surface area contributed by atoms with E-state index in [2.05, 4.69) is 29.6 Å². The Kier molecular flexibility index (Phi) is 6.54. The second kappa shape index (κ2) is 10.1. The predicted octanol–water partition coefficient (Wildman–Crippen LogP) is 5.54. The number of likely N-dealkylation sites (tertiary alicyclic amines) is 1. The highest BCUT2D eigenvalue weighted by atomic mass is 16.5. The molecule has 0 aromatic heterocycles. The van der Waals surface area contributed by atoms with Crippen LogP contribution in [0.3, 0.4) is 0 Å². The van der Waals surface area contributed by atoms with E-state index in [0.717, 1.165) is 22.4 Å². The lowest BCUT2D eigenvalue weighted by atomic mass is 9.83. The van der Waals surface area contributed by atoms with E-state index in [1.165, 1.54) is 18.1 Å². The molecule has 36 heavy (non-hydrogen) atoms. The van der Waals surface area contributed by atoms with Gasteiger partial charge in [0.25, 0.3) is 0 Å². The molecule has 1 aliphatic heterocycles. The normalized spacial score (nSPS) is 17.0. The summed E-state index contributed by atoms with van der Waals surface area (Å²) < 4.78 is 5.28. The third kappa shape index (κ3) is 4.73. The van der Waals surface area contributed by atoms with Gasteiger partial charge in [-0.25, -0.2) is 0 Å². The van der Waals surface area contributed by atoms with Crippen LogP contribution in [0.4, 0.5) is 0 Å². The van der Waals surface area contributed by atoms with Gasteiger partial charge >= 0.3 is 0 Å². The molecule has 0 radical (unpaired) electrons. The minimum atomic E-state index is -0.592. The summed E-state index contributed by atoms with van der Waals surface area (Å²) in [4.78, 5) is 26.9. The lowest BCUT2D eigenvalue weighted by Gasteiger charge is -2.51. The number of benzene rings is 4. The molecule has 0 spiro atoms. The molecule has 0 bridgehead atoms. The molecule has 3 aromatic rings. The molecule has 180 valence electrons. The fourth-order valence-electron chi connectivity index (χ4n) is 4.77. The van der Waals surface area contributed by atoms with E-state index in [-0.39, 0.29) is 23.9 Å². The van der Waals surface area contributed by atoms with Crippen molar-refractivity contribution in [2.75, 3.05) is 7.11 Å². The molecular formula is C31H28N2O3. The van der Waals surface area contributed by atoms with Crippen LogP contribution in [-0.2, 0) is 9.59 Å². The Labute approximate surface area is 211 Å². The lowest BCUT2D eigenvalue weighted by Crippen LogP contribution is -2.66. The fraction of sp³-hybridized carbons (Fsp3) is 0.161. The third-order valence-electron chi connectivity index (χ3n) is 6.57. The maximum atomic E-state index is 13.3. The van der Waals surface area contributed by atoms with Crippen LogP contribution in [0, 0.1) is 0 Å². The molecule has 1 fully saturated rings. The van der Waals surface area contributed by atoms with Crippen molar-refractivity contribution in [1.82, 2.24) is 10.2 Å². The van der Waals surface area contributed by atoms with E-state index in [1.807, 2.05) is 89.8 Å². The lowest BCUT2D eigenvalue weighted by molar-refractivity contribution is -0.157. The number of carbonyl (C=O) groups excluding carboxylic acids is 2. The topological polar surface area (TPSA) is 58.6 Å². The van der Waals surface area contributed by atoms with Gasteiger partial charge in [-0.1, -0.05) is 91.0 Å². The van der Waals surface area contributed by atoms with Gasteiger partial charge in [0, 0.05) is 6.92 Å². The van der Waals surface area contributed by atoms with Crippen LogP contribution in [-0.4, -0.2) is 29.9 Å². The molecule has 1 heterocycles. The highest BCUT2D eigenvalue weighted by molar-refractivity contribution is 5.94. The maximum Gasteiger partial charge on any atom is 0.249 e. The number of carbonyl (C=O) groups is 2. The molecule has 1 N–H and O–H groups in total. The average Bonchev–Trinajstić information content (AvgIpc) is 3.52. The average molecular weight is 477 g/mol. The first-order valence-electron chi connectivity index (χ1n) is 12.0. The summed E-state index contributed by atoms with van der Waals surface area (Å²) in [6.45, 7) is 1.44. The Morgan fingerprint density at radius 3 is 1.78 bits per heavy atom. The zero-order valence-electron chi connectivity index (χ0n) is 20.3. The maximum absolute atomic E-state index is 13.3. The zero-order chi connectivity index (χ0) is 25.1. The van der Waals surface area contributed by atoms with Gasteiger partial charge in [0.05, 0.1) is 19.2 Å². The first-order chi connectivity index (χ1) is 17.6. The standard InChI is InChI=1S/C25H24N2O3.C6H4/c1-17(28)26-22-24(20-13-15-21(30-2)16-14-20)27(25(22)29)23(18-9-5-3-6-10-18)19-11-7-4-8-12-19;1-2-5-4-6(5)3-1/h3-16,22-24H,1-2H3,(H,26,28);1-4H. The highest BCUT2D eigenvalue weighted by Crippen LogP contribution is 2.44. The van der Waals surface area contributed by atoms with E-state index in [4.69, 9.17) is 4.74 Å². The van der Waals surface area contributed by atoms with Crippen molar-refractivity contribution in [3.8, 4) is 16.9 Å². The minimum Gasteiger partial charge on any atom is -0.497 e. The summed E-state index contributed by atoms with van der Waals surface area (Å²) in [7, 11) is 1.62. The Morgan fingerprint density at radius 2 is 1.36 bits per heavy atom. The number of methoxy groups -OCH3 is 1. The van der Waals surface area contributed by atoms with Crippen LogP contribution in [0.5, 0.6) is 5.75 Å². The molecule has 3 aliphatic rings. The van der Waals surface area contributed by atoms with Crippen LogP contribution in [0.15, 0.2) is 109 Å². The predicted molar refractivity (Wildman–Crippen MR) is 140 cm³/mol. The Balaban J connectivity index is 0.000000382. The Morgan fingerprint density at radius 1 is 0.806 bits per heavy atom. The first-order valence-corrected chi connectivity index (χ1v) is 12.0. The van der Waals surface area contributed by atoms with Crippen LogP contribution in [0.1, 0.15) is 35.7 Å². The summed E-state index contributed by atoms with van der Waals surface area (Å²) in [5.74, 6) is 0.431. The van der Waals surface area contributed by atoms with Crippen molar-refractivity contribution in [1.29, 1.82) is 0 Å². The molecule has 5 nitrogen and oxygen atoms in total. The molecule has 0 saturated carbocycles. The second-order valence-corrected chi connectivity index (χ2v) is 8.95. The number of hydrogen-bond donors (Lipinski definition) is 1. The number of amides is 2. The van der Waals surface area contributed by atoms with Crippen molar-refractivity contribution >= 4 is 11.8 Å². The number of fused-ring (bicyclic) bond motifs is 1. The van der Waals surface area contributed by atoms with Gasteiger partial charge in [0.2, 0.25) is 11.8 Å². The number of β-lactam (4-membered cyclic amide) rings is 1. The molecule has 2 amide bonds. The van der Waals surface area contributed by atoms with Gasteiger partial charge in [-0.15, -0.1) is 0 Å². The number of hydrogen-bond acceptors (Lipinski definition) is 3. The zero-order valence-corrected chi connectivity index (χ0v) is 20.3. The van der Waals surface area contributed by atoms with Crippen molar-refractivity contribution in [2.24, 2.45) is 0 Å². The smallest absolute Gasteiger partial charge is 0.249 e. The van der Waals surface area contributed by atoms with Gasteiger partial charge in [-0.3, -0.25) is 9.59 Å². The van der Waals surface area contributed by atoms with E-state index >= 15 is 0 Å². The molecule has 1 saturated heterocycles. The SMILES string of the molecule is COc1ccc(C2C(NC(C)=O)C(=O)N2C(c2ccccc2)c2ccccc2)cc1.c1cc2cc-2c1. The van der Waals surface area contributed by atoms with Gasteiger partial charge in [0.15, 0.2) is 0 Å². The van der Waals surface area contributed by atoms with Gasteiger partial charge in [-0.05, 0) is 46.0 Å². The van der Waals surface area contributed by atoms with E-state index < -0.39 is 6.04 Å².